The maximum atomic E-state index is 12.5. The molecular weight excluding hydrogens is 348 g/mol. The molecule has 1 aliphatic rings. The van der Waals surface area contributed by atoms with Gasteiger partial charge in [0.05, 0.1) is 23.3 Å². The van der Waals surface area contributed by atoms with Crippen molar-refractivity contribution in [1.82, 2.24) is 4.90 Å². The predicted octanol–water partition coefficient (Wildman–Crippen LogP) is 3.43. The Balaban J connectivity index is 1.97. The van der Waals surface area contributed by atoms with Crippen LogP contribution in [0.3, 0.4) is 0 Å². The van der Waals surface area contributed by atoms with E-state index >= 15 is 0 Å². The third kappa shape index (κ3) is 3.17. The molecule has 0 atom stereocenters. The van der Waals surface area contributed by atoms with Crippen molar-refractivity contribution in [3.63, 3.8) is 0 Å². The van der Waals surface area contributed by atoms with E-state index in [4.69, 9.17) is 16.3 Å². The number of nitrogens with one attached hydrogen (secondary N) is 1. The number of nitrogens with zero attached hydrogens (tertiary/aromatic N) is 1. The number of anilines is 1. The lowest BCUT2D eigenvalue weighted by molar-refractivity contribution is 0.0600. The Labute approximate surface area is 149 Å². The van der Waals surface area contributed by atoms with Crippen LogP contribution in [0.5, 0.6) is 0 Å². The van der Waals surface area contributed by atoms with Crippen LogP contribution in [0.2, 0.25) is 5.02 Å². The zero-order valence-corrected chi connectivity index (χ0v) is 15.0. The molecule has 24 heavy (non-hydrogen) atoms. The lowest BCUT2D eigenvalue weighted by Gasteiger charge is -2.22. The number of esters is 1. The molecule has 0 saturated carbocycles. The molecule has 0 spiro atoms. The number of likely N-dealkylation sites (N-methyl/N-ethyl adjacent to an activating group) is 1. The van der Waals surface area contributed by atoms with Crippen molar-refractivity contribution in [1.29, 1.82) is 0 Å². The minimum absolute atomic E-state index is 0.335. The molecule has 1 N–H and O–H groups in total. The summed E-state index contributed by atoms with van der Waals surface area (Å²) in [4.78, 5) is 28.0. The van der Waals surface area contributed by atoms with Gasteiger partial charge in [-0.2, -0.15) is 0 Å². The summed E-state index contributed by atoms with van der Waals surface area (Å²) in [5.74, 6) is -0.760. The number of hydrogen-bond donors (Lipinski definition) is 1. The number of halogens is 1. The molecule has 0 unspecified atom stereocenters. The molecule has 0 radical (unpaired) electrons. The van der Waals surface area contributed by atoms with Crippen LogP contribution in [0.4, 0.5) is 5.00 Å². The zero-order chi connectivity index (χ0) is 17.3. The number of carbonyl (C=O) groups excluding carboxylic acids is 2. The van der Waals surface area contributed by atoms with Gasteiger partial charge < -0.3 is 15.0 Å². The quantitative estimate of drug-likeness (QED) is 0.848. The Kier molecular flexibility index (Phi) is 4.89. The molecule has 2 aromatic rings. The van der Waals surface area contributed by atoms with Crippen LogP contribution in [0.25, 0.3) is 0 Å². The highest BCUT2D eigenvalue weighted by molar-refractivity contribution is 7.17. The Morgan fingerprint density at radius 2 is 2.08 bits per heavy atom. The number of amides is 1. The van der Waals surface area contributed by atoms with E-state index < -0.39 is 5.97 Å². The Bertz CT molecular complexity index is 803. The number of carbonyl (C=O) groups is 2. The van der Waals surface area contributed by atoms with Gasteiger partial charge in [0.25, 0.3) is 5.91 Å². The minimum Gasteiger partial charge on any atom is -0.465 e. The van der Waals surface area contributed by atoms with Crippen molar-refractivity contribution in [2.24, 2.45) is 0 Å². The summed E-state index contributed by atoms with van der Waals surface area (Å²) < 4.78 is 4.92. The molecule has 1 aromatic carbocycles. The van der Waals surface area contributed by atoms with Gasteiger partial charge in [-0.1, -0.05) is 23.7 Å². The summed E-state index contributed by atoms with van der Waals surface area (Å²) in [6.07, 6.45) is 0.759. The summed E-state index contributed by atoms with van der Waals surface area (Å²) in [7, 11) is 3.38. The van der Waals surface area contributed by atoms with Crippen molar-refractivity contribution in [3.8, 4) is 0 Å². The topological polar surface area (TPSA) is 58.6 Å². The molecule has 0 bridgehead atoms. The molecule has 0 fully saturated rings. The lowest BCUT2D eigenvalue weighted by Crippen LogP contribution is -2.26. The van der Waals surface area contributed by atoms with Crippen molar-refractivity contribution in [3.05, 3.63) is 50.9 Å². The predicted molar refractivity (Wildman–Crippen MR) is 95.1 cm³/mol. The van der Waals surface area contributed by atoms with E-state index in [1.165, 1.54) is 18.4 Å². The average Bonchev–Trinajstić information content (AvgIpc) is 2.91. The number of methoxy groups -OCH3 is 1. The van der Waals surface area contributed by atoms with Gasteiger partial charge in [0.15, 0.2) is 0 Å². The smallest absolute Gasteiger partial charge is 0.341 e. The molecule has 0 saturated heterocycles. The van der Waals surface area contributed by atoms with Crippen LogP contribution in [-0.2, 0) is 17.7 Å². The van der Waals surface area contributed by atoms with Crippen LogP contribution < -0.4 is 5.32 Å². The average molecular weight is 365 g/mol. The minimum atomic E-state index is -0.425. The van der Waals surface area contributed by atoms with Gasteiger partial charge in [-0.3, -0.25) is 4.79 Å². The third-order valence-corrected chi connectivity index (χ3v) is 5.44. The van der Waals surface area contributed by atoms with Gasteiger partial charge in [-0.15, -0.1) is 11.3 Å². The van der Waals surface area contributed by atoms with Crippen LogP contribution >= 0.6 is 22.9 Å². The number of fused-ring (bicyclic) bond motifs is 1. The first kappa shape index (κ1) is 17.0. The molecule has 7 heteroatoms. The first-order valence-electron chi connectivity index (χ1n) is 7.48. The molecular formula is C17H17ClN2O3S. The first-order chi connectivity index (χ1) is 11.5. The highest BCUT2D eigenvalue weighted by Crippen LogP contribution is 2.37. The Hall–Kier alpha value is -1.89. The first-order valence-corrected chi connectivity index (χ1v) is 8.68. The van der Waals surface area contributed by atoms with Crippen LogP contribution in [0.1, 0.15) is 31.2 Å². The molecule has 126 valence electrons. The van der Waals surface area contributed by atoms with Gasteiger partial charge in [-0.05, 0) is 31.2 Å². The number of rotatable bonds is 3. The highest BCUT2D eigenvalue weighted by Gasteiger charge is 2.28. The third-order valence-electron chi connectivity index (χ3n) is 3.98. The standard InChI is InChI=1S/C17H17ClN2O3S/c1-20-8-7-11-13(9-20)24-16(14(11)17(22)23-2)19-15(21)10-5-3-4-6-12(10)18/h3-6H,7-9H2,1-2H3,(H,19,21). The summed E-state index contributed by atoms with van der Waals surface area (Å²) >= 11 is 7.50. The van der Waals surface area contributed by atoms with Crippen LogP contribution in [0, 0.1) is 0 Å². The summed E-state index contributed by atoms with van der Waals surface area (Å²) in [6, 6.07) is 6.82. The number of benzene rings is 1. The van der Waals surface area contributed by atoms with Crippen molar-refractivity contribution >= 4 is 39.8 Å². The Morgan fingerprint density at radius 3 is 2.79 bits per heavy atom. The fraction of sp³-hybridized carbons (Fsp3) is 0.294. The highest BCUT2D eigenvalue weighted by atomic mass is 35.5. The number of hydrogen-bond acceptors (Lipinski definition) is 5. The van der Waals surface area contributed by atoms with Gasteiger partial charge in [0.1, 0.15) is 5.00 Å². The number of ether oxygens (including phenoxy) is 1. The van der Waals surface area contributed by atoms with Gasteiger partial charge in [0, 0.05) is 18.0 Å². The van der Waals surface area contributed by atoms with E-state index in [2.05, 4.69) is 10.2 Å². The normalized spacial score (nSPS) is 14.1. The molecule has 1 aliphatic heterocycles. The molecule has 3 rings (SSSR count). The maximum Gasteiger partial charge on any atom is 0.341 e. The molecule has 0 aliphatic carbocycles. The second-order valence-corrected chi connectivity index (χ2v) is 7.13. The van der Waals surface area contributed by atoms with E-state index in [0.717, 1.165) is 30.0 Å². The summed E-state index contributed by atoms with van der Waals surface area (Å²) in [6.45, 7) is 1.62. The monoisotopic (exact) mass is 364 g/mol. The largest absolute Gasteiger partial charge is 0.465 e. The van der Waals surface area contributed by atoms with Crippen LogP contribution in [0.15, 0.2) is 24.3 Å². The van der Waals surface area contributed by atoms with E-state index in [1.807, 2.05) is 7.05 Å². The molecule has 5 nitrogen and oxygen atoms in total. The summed E-state index contributed by atoms with van der Waals surface area (Å²) in [5.41, 5.74) is 1.81. The summed E-state index contributed by atoms with van der Waals surface area (Å²) in [5, 5.41) is 3.72. The second kappa shape index (κ2) is 6.93. The second-order valence-electron chi connectivity index (χ2n) is 5.62. The Morgan fingerprint density at radius 1 is 1.33 bits per heavy atom. The van der Waals surface area contributed by atoms with E-state index in [-0.39, 0.29) is 5.91 Å². The maximum absolute atomic E-state index is 12.5. The van der Waals surface area contributed by atoms with Crippen molar-refractivity contribution in [2.75, 3.05) is 26.0 Å². The van der Waals surface area contributed by atoms with Gasteiger partial charge in [-0.25, -0.2) is 4.79 Å². The van der Waals surface area contributed by atoms with E-state index in [1.54, 1.807) is 24.3 Å². The molecule has 1 aromatic heterocycles. The molecule has 2 heterocycles. The fourth-order valence-corrected chi connectivity index (χ4v) is 4.29. The van der Waals surface area contributed by atoms with Crippen molar-refractivity contribution in [2.45, 2.75) is 13.0 Å². The van der Waals surface area contributed by atoms with Gasteiger partial charge >= 0.3 is 5.97 Å². The van der Waals surface area contributed by atoms with Crippen molar-refractivity contribution < 1.29 is 14.3 Å². The van der Waals surface area contributed by atoms with Gasteiger partial charge in [0.2, 0.25) is 0 Å². The fourth-order valence-electron chi connectivity index (χ4n) is 2.75. The zero-order valence-electron chi connectivity index (χ0n) is 13.4. The van der Waals surface area contributed by atoms with Crippen LogP contribution in [-0.4, -0.2) is 37.5 Å². The molecule has 1 amide bonds. The van der Waals surface area contributed by atoms with E-state index in [9.17, 15) is 9.59 Å². The SMILES string of the molecule is COC(=O)c1c(NC(=O)c2ccccc2Cl)sc2c1CCN(C)C2. The number of thiophene rings is 1. The lowest BCUT2D eigenvalue weighted by atomic mass is 10.0. The van der Waals surface area contributed by atoms with E-state index in [0.29, 0.717) is 21.2 Å².